The van der Waals surface area contributed by atoms with Crippen molar-refractivity contribution in [3.8, 4) is 0 Å². The van der Waals surface area contributed by atoms with Gasteiger partial charge in [-0.15, -0.1) is 0 Å². The van der Waals surface area contributed by atoms with Gasteiger partial charge < -0.3 is 5.32 Å². The molecule has 1 rings (SSSR count). The van der Waals surface area contributed by atoms with Crippen molar-refractivity contribution in [3.63, 3.8) is 0 Å². The van der Waals surface area contributed by atoms with E-state index in [-0.39, 0.29) is 0 Å². The molecule has 0 aliphatic carbocycles. The summed E-state index contributed by atoms with van der Waals surface area (Å²) < 4.78 is 0. The first-order chi connectivity index (χ1) is 4.79. The number of nitrogens with one attached hydrogen (secondary N) is 1. The highest BCUT2D eigenvalue weighted by atomic mass is 32.1. The van der Waals surface area contributed by atoms with Gasteiger partial charge in [0.1, 0.15) is 0 Å². The highest BCUT2D eigenvalue weighted by molar-refractivity contribution is 7.80. The lowest BCUT2D eigenvalue weighted by Gasteiger charge is -2.00. The van der Waals surface area contributed by atoms with Crippen molar-refractivity contribution in [2.24, 2.45) is 0 Å². The van der Waals surface area contributed by atoms with E-state index in [2.05, 4.69) is 11.4 Å². The summed E-state index contributed by atoms with van der Waals surface area (Å²) in [6, 6.07) is 10.5. The molecule has 0 saturated heterocycles. The molecule has 10 heavy (non-hydrogen) atoms. The highest BCUT2D eigenvalue weighted by Crippen LogP contribution is 2.03. The molecule has 1 N–H and O–H groups in total. The summed E-state index contributed by atoms with van der Waals surface area (Å²) in [4.78, 5) is 0.784. The molecule has 0 bridgehead atoms. The Bertz CT molecular complexity index is 218. The fourth-order valence-electron chi connectivity index (χ4n) is 0.673. The zero-order valence-electron chi connectivity index (χ0n) is 5.72. The first kappa shape index (κ1) is 7.22. The van der Waals surface area contributed by atoms with Crippen LogP contribution in [0.2, 0.25) is 0 Å². The lowest BCUT2D eigenvalue weighted by molar-refractivity contribution is 1.62. The van der Waals surface area contributed by atoms with Gasteiger partial charge in [0.25, 0.3) is 0 Å². The molecule has 1 aromatic rings. The Morgan fingerprint density at radius 3 is 2.60 bits per heavy atom. The number of rotatable bonds is 1. The lowest BCUT2D eigenvalue weighted by Crippen LogP contribution is -2.02. The Morgan fingerprint density at radius 2 is 2.10 bits per heavy atom. The molecule has 0 fully saturated rings. The van der Waals surface area contributed by atoms with Crippen LogP contribution in [0.15, 0.2) is 24.3 Å². The molecule has 1 nitrogen and oxygen atoms in total. The predicted octanol–water partition coefficient (Wildman–Crippen LogP) is 2.25. The van der Waals surface area contributed by atoms with Gasteiger partial charge in [-0.25, -0.2) is 0 Å². The van der Waals surface area contributed by atoms with E-state index in [0.717, 1.165) is 10.7 Å². The number of hydrogen-bond donors (Lipinski definition) is 1. The summed E-state index contributed by atoms with van der Waals surface area (Å²) in [6.07, 6.45) is 0. The van der Waals surface area contributed by atoms with Crippen molar-refractivity contribution < 1.29 is 0 Å². The smallest absolute Gasteiger partial charge is 0.0765 e. The van der Waals surface area contributed by atoms with Crippen molar-refractivity contribution in [1.82, 2.24) is 0 Å². The monoisotopic (exact) mass is 150 g/mol. The lowest BCUT2D eigenvalue weighted by atomic mass is 10.3. The molecule has 2 heteroatoms. The fourth-order valence-corrected chi connectivity index (χ4v) is 0.791. The molecule has 51 valence electrons. The van der Waals surface area contributed by atoms with Gasteiger partial charge in [-0.2, -0.15) is 0 Å². The average molecular weight is 150 g/mol. The second kappa shape index (κ2) is 3.32. The summed E-state index contributed by atoms with van der Waals surface area (Å²) >= 11 is 4.86. The maximum atomic E-state index is 4.86. The molecule has 0 amide bonds. The molecule has 0 saturated carbocycles. The molecular weight excluding hydrogens is 142 g/mol. The van der Waals surface area contributed by atoms with E-state index in [0.29, 0.717) is 0 Å². The molecule has 0 atom stereocenters. The van der Waals surface area contributed by atoms with Gasteiger partial charge in [0.2, 0.25) is 0 Å². The van der Waals surface area contributed by atoms with E-state index in [4.69, 9.17) is 12.2 Å². The summed E-state index contributed by atoms with van der Waals surface area (Å²) in [5, 5.41) is 3.02. The molecule has 0 spiro atoms. The fraction of sp³-hybridized carbons (Fsp3) is 0.125. The first-order valence-electron chi connectivity index (χ1n) is 3.03. The number of benzene rings is 1. The van der Waals surface area contributed by atoms with Crippen LogP contribution in [0.5, 0.6) is 0 Å². The highest BCUT2D eigenvalue weighted by Gasteiger charge is 1.87. The molecule has 0 aliphatic heterocycles. The Kier molecular flexibility index (Phi) is 2.40. The summed E-state index contributed by atoms with van der Waals surface area (Å²) in [7, 11) is 0. The summed E-state index contributed by atoms with van der Waals surface area (Å²) in [5.41, 5.74) is 1.02. The van der Waals surface area contributed by atoms with Gasteiger partial charge in [0, 0.05) is 5.69 Å². The van der Waals surface area contributed by atoms with Gasteiger partial charge in [-0.1, -0.05) is 24.4 Å². The van der Waals surface area contributed by atoms with Crippen LogP contribution in [0, 0.1) is 6.07 Å². The minimum atomic E-state index is 0.784. The van der Waals surface area contributed by atoms with Crippen LogP contribution >= 0.6 is 12.2 Å². The van der Waals surface area contributed by atoms with Crippen molar-refractivity contribution in [3.05, 3.63) is 30.3 Å². The molecule has 0 unspecified atom stereocenters. The van der Waals surface area contributed by atoms with Gasteiger partial charge in [-0.3, -0.25) is 0 Å². The maximum Gasteiger partial charge on any atom is 0.0765 e. The first-order valence-corrected chi connectivity index (χ1v) is 3.43. The molecule has 1 radical (unpaired) electrons. The average Bonchev–Trinajstić information content (AvgIpc) is 1.88. The van der Waals surface area contributed by atoms with Crippen molar-refractivity contribution in [2.75, 3.05) is 5.32 Å². The van der Waals surface area contributed by atoms with Crippen LogP contribution in [0.3, 0.4) is 0 Å². The number of anilines is 1. The van der Waals surface area contributed by atoms with Crippen LogP contribution in [0.4, 0.5) is 5.69 Å². The Labute approximate surface area is 66.1 Å². The number of hydrogen-bond acceptors (Lipinski definition) is 1. The molecular formula is C8H8NS. The Morgan fingerprint density at radius 1 is 1.50 bits per heavy atom. The predicted molar refractivity (Wildman–Crippen MR) is 47.2 cm³/mol. The third kappa shape index (κ3) is 2.15. The minimum Gasteiger partial charge on any atom is -0.350 e. The van der Waals surface area contributed by atoms with Crippen LogP contribution in [0.1, 0.15) is 6.92 Å². The second-order valence-electron chi connectivity index (χ2n) is 1.97. The third-order valence-electron chi connectivity index (χ3n) is 1.04. The third-order valence-corrected chi connectivity index (χ3v) is 1.14. The van der Waals surface area contributed by atoms with Crippen LogP contribution in [-0.4, -0.2) is 4.99 Å². The maximum absolute atomic E-state index is 4.86. The Hall–Kier alpha value is -0.890. The van der Waals surface area contributed by atoms with Gasteiger partial charge in [-0.05, 0) is 25.1 Å². The van der Waals surface area contributed by atoms with E-state index >= 15 is 0 Å². The minimum absolute atomic E-state index is 0.784. The quantitative estimate of drug-likeness (QED) is 0.616. The molecule has 1 aromatic carbocycles. The normalized spacial score (nSPS) is 8.90. The molecule has 0 heterocycles. The van der Waals surface area contributed by atoms with E-state index in [1.54, 1.807) is 0 Å². The van der Waals surface area contributed by atoms with Crippen LogP contribution in [0.25, 0.3) is 0 Å². The second-order valence-corrected chi connectivity index (χ2v) is 2.58. The standard InChI is InChI=1S/C8H8NS/c1-7(10)9-8-5-3-2-4-6-8/h3-6H,1H3,(H,9,10). The number of thiocarbonyl (C=S) groups is 1. The Balaban J connectivity index is 2.67. The van der Waals surface area contributed by atoms with Gasteiger partial charge in [0.05, 0.1) is 4.99 Å². The van der Waals surface area contributed by atoms with Crippen LogP contribution in [-0.2, 0) is 0 Å². The zero-order chi connectivity index (χ0) is 7.40. The topological polar surface area (TPSA) is 12.0 Å². The van der Waals surface area contributed by atoms with Crippen molar-refractivity contribution >= 4 is 22.9 Å². The van der Waals surface area contributed by atoms with Crippen molar-refractivity contribution in [1.29, 1.82) is 0 Å². The van der Waals surface area contributed by atoms with Crippen molar-refractivity contribution in [2.45, 2.75) is 6.92 Å². The van der Waals surface area contributed by atoms with E-state index in [9.17, 15) is 0 Å². The van der Waals surface area contributed by atoms with E-state index in [1.807, 2.05) is 31.2 Å². The van der Waals surface area contributed by atoms with Gasteiger partial charge in [0.15, 0.2) is 0 Å². The van der Waals surface area contributed by atoms with E-state index < -0.39 is 0 Å². The SMILES string of the molecule is CC(=S)Nc1cc[c]cc1. The zero-order valence-corrected chi connectivity index (χ0v) is 6.53. The van der Waals surface area contributed by atoms with Crippen LogP contribution < -0.4 is 5.32 Å². The largest absolute Gasteiger partial charge is 0.350 e. The van der Waals surface area contributed by atoms with Gasteiger partial charge >= 0.3 is 0 Å². The summed E-state index contributed by atoms with van der Waals surface area (Å²) in [6.45, 7) is 1.85. The molecule has 0 aromatic heterocycles. The summed E-state index contributed by atoms with van der Waals surface area (Å²) in [5.74, 6) is 0. The van der Waals surface area contributed by atoms with E-state index in [1.165, 1.54) is 0 Å². The molecule has 0 aliphatic rings.